The first-order chi connectivity index (χ1) is 5.94. The van der Waals surface area contributed by atoms with Crippen LogP contribution in [0.3, 0.4) is 0 Å². The molecule has 2 fully saturated rings. The van der Waals surface area contributed by atoms with Crippen LogP contribution in [0.15, 0.2) is 0 Å². The fraction of sp³-hybridized carbons (Fsp3) is 0.750. The van der Waals surface area contributed by atoms with Gasteiger partial charge in [0.25, 0.3) is 5.91 Å². The number of ether oxygens (including phenoxy) is 1. The van der Waals surface area contributed by atoms with Crippen LogP contribution in [0.25, 0.3) is 0 Å². The van der Waals surface area contributed by atoms with Crippen LogP contribution in [0, 0.1) is 0 Å². The van der Waals surface area contributed by atoms with Crippen LogP contribution in [-0.2, 0) is 9.53 Å². The number of carbonyl (C=O) groups excluding carboxylic acids is 2. The monoisotopic (exact) mass is 184 g/mol. The molecule has 0 radical (unpaired) electrons. The van der Waals surface area contributed by atoms with E-state index in [-0.39, 0.29) is 24.3 Å². The third-order valence-corrected chi connectivity index (χ3v) is 2.53. The minimum atomic E-state index is -0.785. The Morgan fingerprint density at radius 2 is 2.00 bits per heavy atom. The van der Waals surface area contributed by atoms with E-state index in [1.807, 2.05) is 6.92 Å². The smallest absolute Gasteiger partial charge is 0.327 e. The first-order valence-corrected chi connectivity index (χ1v) is 4.25. The maximum absolute atomic E-state index is 11.3. The molecule has 5 nitrogen and oxygen atoms in total. The number of nitrogens with one attached hydrogen (secondary N) is 1. The van der Waals surface area contributed by atoms with Crippen LogP contribution >= 0.6 is 0 Å². The molecule has 2 unspecified atom stereocenters. The zero-order chi connectivity index (χ0) is 9.80. The molecular weight excluding hydrogens is 172 g/mol. The summed E-state index contributed by atoms with van der Waals surface area (Å²) in [4.78, 5) is 24.1. The van der Waals surface area contributed by atoms with Gasteiger partial charge in [0.1, 0.15) is 11.6 Å². The van der Waals surface area contributed by atoms with Gasteiger partial charge < -0.3 is 4.74 Å². The van der Waals surface area contributed by atoms with Crippen molar-refractivity contribution >= 4 is 11.9 Å². The summed E-state index contributed by atoms with van der Waals surface area (Å²) in [5.41, 5.74) is -0.785. The summed E-state index contributed by atoms with van der Waals surface area (Å²) in [5, 5.41) is 2.27. The predicted octanol–water partition coefficient (Wildman–Crippen LogP) is 0.0616. The maximum atomic E-state index is 11.3. The molecule has 0 bridgehead atoms. The molecular formula is C8H12N2O3. The highest BCUT2D eigenvalue weighted by Gasteiger charge is 2.55. The van der Waals surface area contributed by atoms with Gasteiger partial charge in [-0.2, -0.15) is 0 Å². The van der Waals surface area contributed by atoms with E-state index in [2.05, 4.69) is 5.32 Å². The molecule has 2 rings (SSSR count). The third-order valence-electron chi connectivity index (χ3n) is 2.53. The fourth-order valence-electron chi connectivity index (χ4n) is 1.55. The largest absolute Gasteiger partial charge is 0.348 e. The molecule has 72 valence electrons. The minimum Gasteiger partial charge on any atom is -0.348 e. The second-order valence-corrected chi connectivity index (χ2v) is 3.92. The molecule has 0 aromatic rings. The summed E-state index contributed by atoms with van der Waals surface area (Å²) in [6, 6.07) is -0.357. The van der Waals surface area contributed by atoms with E-state index in [1.54, 1.807) is 13.8 Å². The molecule has 0 aromatic carbocycles. The van der Waals surface area contributed by atoms with Crippen molar-refractivity contribution in [3.8, 4) is 0 Å². The van der Waals surface area contributed by atoms with Gasteiger partial charge in [-0.05, 0) is 20.8 Å². The van der Waals surface area contributed by atoms with Gasteiger partial charge in [0.2, 0.25) is 0 Å². The first kappa shape index (κ1) is 8.50. The Kier molecular flexibility index (Phi) is 1.46. The molecule has 0 aliphatic carbocycles. The second kappa shape index (κ2) is 2.23. The number of carbonyl (C=O) groups is 2. The Balaban J connectivity index is 2.26. The van der Waals surface area contributed by atoms with Gasteiger partial charge in [-0.1, -0.05) is 0 Å². The molecule has 1 N–H and O–H groups in total. The highest BCUT2D eigenvalue weighted by Crippen LogP contribution is 2.34. The summed E-state index contributed by atoms with van der Waals surface area (Å²) >= 11 is 0. The van der Waals surface area contributed by atoms with Gasteiger partial charge in [0, 0.05) is 0 Å². The van der Waals surface area contributed by atoms with E-state index < -0.39 is 5.54 Å². The standard InChI is InChI=1S/C8H12N2O3/c1-4-5(13-4)10-7(12)9-6(11)8(10,2)3/h4-5H,1-3H3,(H,9,11,12). The molecule has 2 atom stereocenters. The molecule has 0 spiro atoms. The van der Waals surface area contributed by atoms with Crippen molar-refractivity contribution in [1.29, 1.82) is 0 Å². The number of imide groups is 1. The van der Waals surface area contributed by atoms with E-state index in [0.29, 0.717) is 0 Å². The van der Waals surface area contributed by atoms with E-state index in [9.17, 15) is 9.59 Å². The molecule has 2 saturated heterocycles. The average molecular weight is 184 g/mol. The van der Waals surface area contributed by atoms with Gasteiger partial charge in [0.05, 0.1) is 0 Å². The zero-order valence-corrected chi connectivity index (χ0v) is 7.83. The van der Waals surface area contributed by atoms with Crippen molar-refractivity contribution in [2.45, 2.75) is 38.6 Å². The molecule has 2 aliphatic heterocycles. The van der Waals surface area contributed by atoms with Crippen LogP contribution in [0.2, 0.25) is 0 Å². The summed E-state index contributed by atoms with van der Waals surface area (Å²) in [7, 11) is 0. The van der Waals surface area contributed by atoms with Crippen molar-refractivity contribution in [1.82, 2.24) is 10.2 Å². The lowest BCUT2D eigenvalue weighted by molar-refractivity contribution is -0.125. The summed E-state index contributed by atoms with van der Waals surface area (Å²) < 4.78 is 5.17. The van der Waals surface area contributed by atoms with Crippen LogP contribution in [0.4, 0.5) is 4.79 Å². The fourth-order valence-corrected chi connectivity index (χ4v) is 1.55. The summed E-state index contributed by atoms with van der Waals surface area (Å²) in [6.07, 6.45) is -0.197. The van der Waals surface area contributed by atoms with Crippen LogP contribution < -0.4 is 5.32 Å². The molecule has 2 aliphatic rings. The lowest BCUT2D eigenvalue weighted by atomic mass is 10.0. The Labute approximate surface area is 76.0 Å². The van der Waals surface area contributed by atoms with E-state index in [4.69, 9.17) is 4.74 Å². The Morgan fingerprint density at radius 3 is 2.31 bits per heavy atom. The molecule has 2 heterocycles. The molecule has 0 saturated carbocycles. The number of amides is 3. The summed E-state index contributed by atoms with van der Waals surface area (Å²) in [6.45, 7) is 5.29. The van der Waals surface area contributed by atoms with Crippen molar-refractivity contribution in [2.24, 2.45) is 0 Å². The van der Waals surface area contributed by atoms with Crippen LogP contribution in [-0.4, -0.2) is 34.7 Å². The van der Waals surface area contributed by atoms with Crippen molar-refractivity contribution in [3.63, 3.8) is 0 Å². The lowest BCUT2D eigenvalue weighted by Gasteiger charge is -2.25. The van der Waals surface area contributed by atoms with E-state index in [0.717, 1.165) is 0 Å². The Bertz CT molecular complexity index is 287. The Hall–Kier alpha value is -1.10. The normalized spacial score (nSPS) is 36.4. The number of epoxide rings is 1. The zero-order valence-electron chi connectivity index (χ0n) is 7.83. The molecule has 5 heteroatoms. The topological polar surface area (TPSA) is 61.9 Å². The highest BCUT2D eigenvalue weighted by atomic mass is 16.6. The number of hydrogen-bond donors (Lipinski definition) is 1. The highest BCUT2D eigenvalue weighted by molar-refractivity contribution is 6.06. The SMILES string of the molecule is CC1OC1N1C(=O)NC(=O)C1(C)C. The average Bonchev–Trinajstić information content (AvgIpc) is 2.61. The summed E-state index contributed by atoms with van der Waals surface area (Å²) in [5.74, 6) is -0.264. The van der Waals surface area contributed by atoms with Crippen molar-refractivity contribution < 1.29 is 14.3 Å². The number of hydrogen-bond acceptors (Lipinski definition) is 3. The number of urea groups is 1. The van der Waals surface area contributed by atoms with Crippen LogP contribution in [0.1, 0.15) is 20.8 Å². The second-order valence-electron chi connectivity index (χ2n) is 3.92. The molecule has 13 heavy (non-hydrogen) atoms. The van der Waals surface area contributed by atoms with Gasteiger partial charge >= 0.3 is 6.03 Å². The number of rotatable bonds is 1. The number of nitrogens with zero attached hydrogens (tertiary/aromatic N) is 1. The Morgan fingerprint density at radius 1 is 1.46 bits per heavy atom. The molecule has 3 amide bonds. The van der Waals surface area contributed by atoms with Crippen molar-refractivity contribution in [2.75, 3.05) is 0 Å². The minimum absolute atomic E-state index is 0.0379. The quantitative estimate of drug-likeness (QED) is 0.463. The van der Waals surface area contributed by atoms with Gasteiger partial charge in [-0.3, -0.25) is 15.0 Å². The molecule has 0 aromatic heterocycles. The third kappa shape index (κ3) is 1.03. The predicted molar refractivity (Wildman–Crippen MR) is 43.8 cm³/mol. The maximum Gasteiger partial charge on any atom is 0.327 e. The van der Waals surface area contributed by atoms with E-state index >= 15 is 0 Å². The van der Waals surface area contributed by atoms with E-state index in [1.165, 1.54) is 4.90 Å². The van der Waals surface area contributed by atoms with Crippen LogP contribution in [0.5, 0.6) is 0 Å². The van der Waals surface area contributed by atoms with Gasteiger partial charge in [0.15, 0.2) is 6.23 Å². The van der Waals surface area contributed by atoms with Gasteiger partial charge in [-0.25, -0.2) is 4.79 Å². The van der Waals surface area contributed by atoms with Crippen molar-refractivity contribution in [3.05, 3.63) is 0 Å². The van der Waals surface area contributed by atoms with Gasteiger partial charge in [-0.15, -0.1) is 0 Å². The first-order valence-electron chi connectivity index (χ1n) is 4.25. The lowest BCUT2D eigenvalue weighted by Crippen LogP contribution is -2.46.